The van der Waals surface area contributed by atoms with Crippen LogP contribution in [0.4, 0.5) is 18.4 Å². The zero-order valence-corrected chi connectivity index (χ0v) is 42.1. The van der Waals surface area contributed by atoms with Crippen molar-refractivity contribution in [3.05, 3.63) is 124 Å². The number of fused-ring (bicyclic) bond motifs is 2. The minimum atomic E-state index is -1.51. The van der Waals surface area contributed by atoms with Gasteiger partial charge in [-0.15, -0.1) is 0 Å². The molecular weight excluding hydrogens is 969 g/mol. The summed E-state index contributed by atoms with van der Waals surface area (Å²) in [5.74, 6) is -1.41. The van der Waals surface area contributed by atoms with E-state index in [1.807, 2.05) is 90.1 Å². The molecule has 4 heterocycles. The van der Waals surface area contributed by atoms with Crippen LogP contribution in [0.1, 0.15) is 79.4 Å². The average Bonchev–Trinajstić information content (AvgIpc) is 4.04. The van der Waals surface area contributed by atoms with E-state index in [-0.39, 0.29) is 47.9 Å². The Balaban J connectivity index is 0.000000194. The largest absolute Gasteiger partial charge is 0.488 e. The Kier molecular flexibility index (Phi) is 17.2. The number of carbonyl (C=O) groups excluding carboxylic acids is 4. The fourth-order valence-electron chi connectivity index (χ4n) is 8.62. The molecule has 18 heteroatoms. The van der Waals surface area contributed by atoms with Crippen LogP contribution in [0.2, 0.25) is 0 Å². The average molecular weight is 1030 g/mol. The third-order valence-corrected chi connectivity index (χ3v) is 12.2. The molecule has 14 nitrogen and oxygen atoms in total. The lowest BCUT2D eigenvalue weighted by Gasteiger charge is -2.30. The monoisotopic (exact) mass is 1030 g/mol. The number of nitrogens with one attached hydrogen (secondary N) is 2. The summed E-state index contributed by atoms with van der Waals surface area (Å²) in [6, 6.07) is 26.5. The highest BCUT2D eigenvalue weighted by Crippen LogP contribution is 2.36. The van der Waals surface area contributed by atoms with Gasteiger partial charge in [0.25, 0.3) is 0 Å². The van der Waals surface area contributed by atoms with Crippen molar-refractivity contribution in [1.29, 1.82) is 0 Å². The Hall–Kier alpha value is -6.24. The molecule has 0 radical (unpaired) electrons. The van der Waals surface area contributed by atoms with Gasteiger partial charge < -0.3 is 48.8 Å². The number of amides is 2. The van der Waals surface area contributed by atoms with E-state index in [1.54, 1.807) is 21.9 Å². The molecule has 0 bridgehead atoms. The molecular formula is C52H60BBrF2N4O10. The van der Waals surface area contributed by atoms with Crippen LogP contribution < -0.4 is 5.46 Å². The summed E-state index contributed by atoms with van der Waals surface area (Å²) < 4.78 is 49.0. The van der Waals surface area contributed by atoms with Gasteiger partial charge in [0, 0.05) is 67.3 Å². The van der Waals surface area contributed by atoms with Gasteiger partial charge in [0.05, 0.1) is 16.7 Å². The van der Waals surface area contributed by atoms with E-state index in [1.165, 1.54) is 50.2 Å². The number of likely N-dealkylation sites (tertiary alicyclic amines) is 2. The van der Waals surface area contributed by atoms with Gasteiger partial charge in [-0.3, -0.25) is 9.59 Å². The van der Waals surface area contributed by atoms with Crippen molar-refractivity contribution in [2.45, 2.75) is 117 Å². The van der Waals surface area contributed by atoms with Crippen molar-refractivity contribution in [2.75, 3.05) is 13.1 Å². The fraction of sp³-hybridized carbons (Fsp3) is 0.385. The van der Waals surface area contributed by atoms with E-state index in [0.717, 1.165) is 48.8 Å². The predicted octanol–water partition coefficient (Wildman–Crippen LogP) is 9.38. The number of aromatic nitrogens is 2. The Bertz CT molecular complexity index is 2770. The van der Waals surface area contributed by atoms with Crippen molar-refractivity contribution in [1.82, 2.24) is 19.8 Å². The van der Waals surface area contributed by atoms with Gasteiger partial charge in [-0.1, -0.05) is 48.5 Å². The molecule has 2 fully saturated rings. The first-order chi connectivity index (χ1) is 33.0. The summed E-state index contributed by atoms with van der Waals surface area (Å²) in [6.45, 7) is 14.7. The number of halogens is 3. The second-order valence-corrected chi connectivity index (χ2v) is 20.0. The zero-order valence-electron chi connectivity index (χ0n) is 40.6. The number of para-hydroxylation sites is 2. The van der Waals surface area contributed by atoms with Gasteiger partial charge in [0.1, 0.15) is 35.0 Å². The van der Waals surface area contributed by atoms with E-state index in [0.29, 0.717) is 44.2 Å². The zero-order chi connectivity index (χ0) is 51.1. The second kappa shape index (κ2) is 22.7. The van der Waals surface area contributed by atoms with Crippen molar-refractivity contribution < 1.29 is 57.0 Å². The number of esters is 2. The van der Waals surface area contributed by atoms with Gasteiger partial charge in [0.2, 0.25) is 0 Å². The summed E-state index contributed by atoms with van der Waals surface area (Å²) in [5.41, 5.74) is 4.77. The molecule has 2 saturated heterocycles. The van der Waals surface area contributed by atoms with Crippen molar-refractivity contribution >= 4 is 74.4 Å². The highest BCUT2D eigenvalue weighted by atomic mass is 79.9. The molecule has 8 rings (SSSR count). The van der Waals surface area contributed by atoms with Crippen LogP contribution in [-0.2, 0) is 41.4 Å². The molecule has 4 N–H and O–H groups in total. The highest BCUT2D eigenvalue weighted by Gasteiger charge is 2.43. The number of nitrogens with zero attached hydrogens (tertiary/aromatic N) is 2. The van der Waals surface area contributed by atoms with Crippen molar-refractivity contribution in [3.8, 4) is 11.3 Å². The normalized spacial score (nSPS) is 17.8. The molecule has 2 aliphatic rings. The molecule has 0 unspecified atom stereocenters. The molecule has 2 aliphatic heterocycles. The Morgan fingerprint density at radius 1 is 0.643 bits per heavy atom. The van der Waals surface area contributed by atoms with Gasteiger partial charge in [-0.05, 0) is 141 Å². The number of rotatable bonds is 8. The summed E-state index contributed by atoms with van der Waals surface area (Å²) in [7, 11) is -1.51. The molecule has 0 spiro atoms. The van der Waals surface area contributed by atoms with Crippen LogP contribution in [0.15, 0.2) is 102 Å². The molecule has 4 atom stereocenters. The maximum Gasteiger partial charge on any atom is 0.488 e. The number of benzene rings is 4. The first-order valence-electron chi connectivity index (χ1n) is 23.0. The third kappa shape index (κ3) is 14.0. The molecule has 0 saturated carbocycles. The number of H-pyrrole nitrogens is 2. The van der Waals surface area contributed by atoms with Crippen molar-refractivity contribution in [2.24, 2.45) is 0 Å². The van der Waals surface area contributed by atoms with Gasteiger partial charge >= 0.3 is 31.2 Å². The maximum absolute atomic E-state index is 13.6. The Labute approximate surface area is 414 Å². The van der Waals surface area contributed by atoms with E-state index in [4.69, 9.17) is 29.0 Å². The SMILES string of the molecule is CC(=O)O[C@@H]1CCN(C(=O)OC(C)(C)C)[C@@H]1Cc1c(-c2ccc(F)cc2)[nH]c2ccccc12.CC(=O)O[C@@H]1CCN(C(=O)OC(C)(C)C)[C@@H]1Cc1c(Br)[nH]c2ccccc12.OB(O)c1ccc(F)cc1. The van der Waals surface area contributed by atoms with Crippen LogP contribution in [-0.4, -0.2) is 110 Å². The van der Waals surface area contributed by atoms with Gasteiger partial charge in [0.15, 0.2) is 0 Å². The predicted molar refractivity (Wildman–Crippen MR) is 267 cm³/mol. The molecule has 70 heavy (non-hydrogen) atoms. The molecule has 372 valence electrons. The lowest BCUT2D eigenvalue weighted by atomic mass is 9.80. The third-order valence-electron chi connectivity index (χ3n) is 11.6. The summed E-state index contributed by atoms with van der Waals surface area (Å²) in [6.07, 6.45) is 0.556. The van der Waals surface area contributed by atoms with E-state index in [2.05, 4.69) is 25.9 Å². The number of aromatic amines is 2. The second-order valence-electron chi connectivity index (χ2n) is 19.2. The summed E-state index contributed by atoms with van der Waals surface area (Å²) in [5, 5.41) is 19.2. The summed E-state index contributed by atoms with van der Waals surface area (Å²) >= 11 is 3.60. The number of hydrogen-bond acceptors (Lipinski definition) is 10. The van der Waals surface area contributed by atoms with Crippen LogP contribution >= 0.6 is 15.9 Å². The minimum Gasteiger partial charge on any atom is -0.460 e. The van der Waals surface area contributed by atoms with Crippen LogP contribution in [0.25, 0.3) is 33.1 Å². The van der Waals surface area contributed by atoms with Crippen LogP contribution in [0, 0.1) is 11.6 Å². The Morgan fingerprint density at radius 3 is 1.50 bits per heavy atom. The molecule has 6 aromatic rings. The first kappa shape index (κ1) is 53.1. The standard InChI is InChI=1S/C26H29FN2O4.C20H25BrN2O4.C6H6BFO2/c1-16(30)32-23-13-14-29(25(31)33-26(2,3)4)22(23)15-20-19-7-5-6-8-21(19)28-24(20)17-9-11-18(27)12-10-17;1-12(24)26-17-9-10-23(19(25)27-20(2,3)4)16(17)11-14-13-7-5-6-8-15(13)22-18(14)21;8-6-3-1-5(2-4-6)7(9)10/h5-12,22-23,28H,13-15H2,1-4H3;5-8,16-17,22H,9-11H2,1-4H3;1-4,9-10H/t22-,23-;16-,17-;/m11./s1. The molecule has 2 aromatic heterocycles. The lowest BCUT2D eigenvalue weighted by Crippen LogP contribution is -2.44. The quantitative estimate of drug-likeness (QED) is 0.0651. The topological polar surface area (TPSA) is 184 Å². The highest BCUT2D eigenvalue weighted by molar-refractivity contribution is 9.10. The van der Waals surface area contributed by atoms with Crippen LogP contribution in [0.3, 0.4) is 0 Å². The lowest BCUT2D eigenvalue weighted by molar-refractivity contribution is -0.148. The number of carbonyl (C=O) groups is 4. The molecule has 2 amide bonds. The molecule has 0 aliphatic carbocycles. The Morgan fingerprint density at radius 2 is 1.06 bits per heavy atom. The maximum atomic E-state index is 13.6. The van der Waals surface area contributed by atoms with E-state index in [9.17, 15) is 28.0 Å². The van der Waals surface area contributed by atoms with E-state index >= 15 is 0 Å². The number of ether oxygens (including phenoxy) is 4. The fourth-order valence-corrected chi connectivity index (χ4v) is 9.21. The number of hydrogen-bond donors (Lipinski definition) is 4. The van der Waals surface area contributed by atoms with E-state index < -0.39 is 30.5 Å². The first-order valence-corrected chi connectivity index (χ1v) is 23.8. The molecule has 4 aromatic carbocycles. The van der Waals surface area contributed by atoms with Crippen molar-refractivity contribution in [3.63, 3.8) is 0 Å². The van der Waals surface area contributed by atoms with Gasteiger partial charge in [-0.25, -0.2) is 18.4 Å². The smallest absolute Gasteiger partial charge is 0.460 e. The summed E-state index contributed by atoms with van der Waals surface area (Å²) in [4.78, 5) is 59.2. The minimum absolute atomic E-state index is 0.278. The van der Waals surface area contributed by atoms with Gasteiger partial charge in [-0.2, -0.15) is 0 Å². The van der Waals surface area contributed by atoms with Crippen LogP contribution in [0.5, 0.6) is 0 Å².